The number of carbonyl (C=O) groups excluding carboxylic acids is 1. The van der Waals surface area contributed by atoms with Crippen molar-refractivity contribution in [2.24, 2.45) is 0 Å². The van der Waals surface area contributed by atoms with E-state index in [0.717, 1.165) is 0 Å². The number of carbonyl (C=O) groups is 2. The summed E-state index contributed by atoms with van der Waals surface area (Å²) in [4.78, 5) is 22.5. The fraction of sp³-hybridized carbons (Fsp3) is 0.200. The molecule has 1 aromatic rings. The molecule has 0 unspecified atom stereocenters. The molecule has 2 amide bonds. The predicted molar refractivity (Wildman–Crippen MR) is 71.7 cm³/mol. The highest BCUT2D eigenvalue weighted by molar-refractivity contribution is 6.38. The molecule has 0 spiro atoms. The van der Waals surface area contributed by atoms with E-state index in [4.69, 9.17) is 40.1 Å². The van der Waals surface area contributed by atoms with Crippen LogP contribution in [0.4, 0.5) is 15.3 Å². The number of anilines is 1. The van der Waals surface area contributed by atoms with Crippen LogP contribution in [0.1, 0.15) is 6.92 Å². The SMILES string of the molecule is CCOC(=O)N(C(=O)O)N(Cl)c1ccc(Cl)cc1Cl. The van der Waals surface area contributed by atoms with Crippen LogP contribution in [0.2, 0.25) is 10.0 Å². The quantitative estimate of drug-likeness (QED) is 0.671. The summed E-state index contributed by atoms with van der Waals surface area (Å²) >= 11 is 17.4. The number of imide groups is 1. The molecule has 19 heavy (non-hydrogen) atoms. The van der Waals surface area contributed by atoms with Crippen LogP contribution in [-0.4, -0.2) is 28.9 Å². The van der Waals surface area contributed by atoms with E-state index < -0.39 is 12.2 Å². The van der Waals surface area contributed by atoms with E-state index >= 15 is 0 Å². The molecule has 0 fully saturated rings. The van der Waals surface area contributed by atoms with Gasteiger partial charge in [-0.1, -0.05) is 23.2 Å². The number of halogens is 3. The molecule has 0 heterocycles. The van der Waals surface area contributed by atoms with Crippen LogP contribution >= 0.6 is 35.0 Å². The molecule has 0 aliphatic heterocycles. The van der Waals surface area contributed by atoms with E-state index in [9.17, 15) is 9.59 Å². The molecule has 9 heteroatoms. The summed E-state index contributed by atoms with van der Waals surface area (Å²) in [6, 6.07) is 4.18. The number of hydrazine groups is 1. The molecule has 0 radical (unpaired) electrons. The van der Waals surface area contributed by atoms with E-state index in [2.05, 4.69) is 4.74 Å². The molecule has 6 nitrogen and oxygen atoms in total. The Bertz CT molecular complexity index is 498. The zero-order valence-electron chi connectivity index (χ0n) is 9.64. The van der Waals surface area contributed by atoms with Gasteiger partial charge in [0, 0.05) is 16.8 Å². The van der Waals surface area contributed by atoms with E-state index in [-0.39, 0.29) is 22.3 Å². The zero-order valence-corrected chi connectivity index (χ0v) is 11.9. The monoisotopic (exact) mass is 326 g/mol. The smallest absolute Gasteiger partial charge is 0.440 e. The van der Waals surface area contributed by atoms with Crippen molar-refractivity contribution in [1.82, 2.24) is 5.01 Å². The second-order valence-electron chi connectivity index (χ2n) is 3.15. The Morgan fingerprint density at radius 3 is 2.47 bits per heavy atom. The molecule has 0 aromatic heterocycles. The van der Waals surface area contributed by atoms with Gasteiger partial charge in [0.05, 0.1) is 17.3 Å². The molecule has 0 saturated heterocycles. The van der Waals surface area contributed by atoms with Gasteiger partial charge in [-0.25, -0.2) is 9.59 Å². The number of hydrogen-bond acceptors (Lipinski definition) is 4. The Morgan fingerprint density at radius 2 is 2.00 bits per heavy atom. The molecule has 0 atom stereocenters. The summed E-state index contributed by atoms with van der Waals surface area (Å²) in [6.07, 6.45) is -2.75. The molecule has 0 aliphatic carbocycles. The van der Waals surface area contributed by atoms with Gasteiger partial charge >= 0.3 is 12.2 Å². The van der Waals surface area contributed by atoms with Crippen LogP contribution in [0.5, 0.6) is 0 Å². The summed E-state index contributed by atoms with van der Waals surface area (Å²) in [5, 5.41) is 9.58. The molecule has 0 aliphatic rings. The number of rotatable bonds is 3. The molecule has 104 valence electrons. The predicted octanol–water partition coefficient (Wildman–Crippen LogP) is 4.01. The van der Waals surface area contributed by atoms with Crippen LogP contribution < -0.4 is 4.53 Å². The van der Waals surface area contributed by atoms with E-state index in [1.54, 1.807) is 0 Å². The largest absolute Gasteiger partial charge is 0.463 e. The van der Waals surface area contributed by atoms with Gasteiger partial charge < -0.3 is 9.84 Å². The summed E-state index contributed by atoms with van der Waals surface area (Å²) in [5.41, 5.74) is 0.0724. The fourth-order valence-corrected chi connectivity index (χ4v) is 1.95. The van der Waals surface area contributed by atoms with Crippen molar-refractivity contribution in [1.29, 1.82) is 0 Å². The van der Waals surface area contributed by atoms with Gasteiger partial charge in [-0.3, -0.25) is 0 Å². The Hall–Kier alpha value is -1.37. The first-order valence-corrected chi connectivity index (χ1v) is 6.08. The maximum Gasteiger partial charge on any atom is 0.440 e. The first-order valence-electron chi connectivity index (χ1n) is 4.99. The van der Waals surface area contributed by atoms with Crippen molar-refractivity contribution in [2.45, 2.75) is 6.92 Å². The Kier molecular flexibility index (Phi) is 5.53. The Morgan fingerprint density at radius 1 is 1.37 bits per heavy atom. The van der Waals surface area contributed by atoms with Gasteiger partial charge in [0.25, 0.3) is 0 Å². The van der Waals surface area contributed by atoms with Crippen molar-refractivity contribution >= 4 is 52.9 Å². The Balaban J connectivity index is 3.09. The zero-order chi connectivity index (χ0) is 14.6. The second kappa shape index (κ2) is 6.70. The summed E-state index contributed by atoms with van der Waals surface area (Å²) in [7, 11) is 0. The number of amides is 2. The van der Waals surface area contributed by atoms with E-state index in [1.807, 2.05) is 0 Å². The van der Waals surface area contributed by atoms with Gasteiger partial charge in [-0.05, 0) is 25.1 Å². The maximum absolute atomic E-state index is 11.5. The van der Waals surface area contributed by atoms with Crippen LogP contribution in [0.15, 0.2) is 18.2 Å². The highest BCUT2D eigenvalue weighted by Gasteiger charge is 2.30. The highest BCUT2D eigenvalue weighted by Crippen LogP contribution is 2.31. The highest BCUT2D eigenvalue weighted by atomic mass is 35.5. The standard InChI is InChI=1S/C10H9Cl3N2O4/c1-2-19-10(18)14(9(16)17)15(13)8-4-3-6(11)5-7(8)12/h3-5H,2H2,1H3,(H,16,17). The number of ether oxygens (including phenoxy) is 1. The third kappa shape index (κ3) is 3.79. The Labute approximate surface area is 124 Å². The van der Waals surface area contributed by atoms with E-state index in [1.165, 1.54) is 25.1 Å². The van der Waals surface area contributed by atoms with Crippen LogP contribution in [0.25, 0.3) is 0 Å². The lowest BCUT2D eigenvalue weighted by Gasteiger charge is -2.25. The molecule has 0 bridgehead atoms. The van der Waals surface area contributed by atoms with Crippen LogP contribution in [0.3, 0.4) is 0 Å². The molecular formula is C10H9Cl3N2O4. The first-order chi connectivity index (χ1) is 8.88. The average molecular weight is 328 g/mol. The number of nitrogens with zero attached hydrogens (tertiary/aromatic N) is 2. The summed E-state index contributed by atoms with van der Waals surface area (Å²) < 4.78 is 5.12. The minimum Gasteiger partial charge on any atom is -0.463 e. The van der Waals surface area contributed by atoms with Crippen LogP contribution in [-0.2, 0) is 4.74 Å². The molecular weight excluding hydrogens is 318 g/mol. The van der Waals surface area contributed by atoms with Gasteiger partial charge in [-0.2, -0.15) is 4.53 Å². The molecule has 0 saturated carbocycles. The lowest BCUT2D eigenvalue weighted by atomic mass is 10.3. The van der Waals surface area contributed by atoms with Gasteiger partial charge in [-0.15, -0.1) is 5.01 Å². The summed E-state index contributed by atoms with van der Waals surface area (Å²) in [6.45, 7) is 1.54. The summed E-state index contributed by atoms with van der Waals surface area (Å²) in [5.74, 6) is 0. The lowest BCUT2D eigenvalue weighted by molar-refractivity contribution is 0.100. The third-order valence-corrected chi connectivity index (χ3v) is 2.78. The number of carboxylic acid groups (broad SMARTS) is 1. The van der Waals surface area contributed by atoms with Crippen molar-refractivity contribution in [2.75, 3.05) is 11.1 Å². The number of hydrogen-bond donors (Lipinski definition) is 1. The van der Waals surface area contributed by atoms with Crippen molar-refractivity contribution in [3.63, 3.8) is 0 Å². The van der Waals surface area contributed by atoms with Crippen molar-refractivity contribution < 1.29 is 19.4 Å². The lowest BCUT2D eigenvalue weighted by Crippen LogP contribution is -2.45. The molecule has 1 aromatic carbocycles. The normalized spacial score (nSPS) is 9.89. The molecule has 1 rings (SSSR count). The van der Waals surface area contributed by atoms with Crippen molar-refractivity contribution in [3.05, 3.63) is 28.2 Å². The fourth-order valence-electron chi connectivity index (χ4n) is 1.15. The minimum absolute atomic E-state index is 0.00168. The van der Waals surface area contributed by atoms with Crippen molar-refractivity contribution in [3.8, 4) is 0 Å². The van der Waals surface area contributed by atoms with Gasteiger partial charge in [0.15, 0.2) is 0 Å². The average Bonchev–Trinajstić information content (AvgIpc) is 2.28. The molecule has 1 N–H and O–H groups in total. The van der Waals surface area contributed by atoms with E-state index in [0.29, 0.717) is 9.55 Å². The first kappa shape index (κ1) is 15.7. The number of benzene rings is 1. The van der Waals surface area contributed by atoms with Crippen LogP contribution in [0, 0.1) is 0 Å². The maximum atomic E-state index is 11.5. The van der Waals surface area contributed by atoms with Gasteiger partial charge in [0.1, 0.15) is 0 Å². The topological polar surface area (TPSA) is 70.1 Å². The third-order valence-electron chi connectivity index (χ3n) is 1.91. The minimum atomic E-state index is -1.61. The van der Waals surface area contributed by atoms with Gasteiger partial charge in [0.2, 0.25) is 0 Å². The second-order valence-corrected chi connectivity index (χ2v) is 4.31.